The number of benzene rings is 1. The first kappa shape index (κ1) is 15.9. The van der Waals surface area contributed by atoms with Crippen molar-refractivity contribution in [3.63, 3.8) is 0 Å². The van der Waals surface area contributed by atoms with E-state index in [1.165, 1.54) is 7.11 Å². The minimum atomic E-state index is -1.34. The molecule has 5 heteroatoms. The number of ether oxygens (including phenoxy) is 1. The number of rotatable bonds is 3. The largest absolute Gasteiger partial charge is 0.510 e. The Balaban J connectivity index is 2.53. The van der Waals surface area contributed by atoms with Crippen LogP contribution >= 0.6 is 0 Å². The van der Waals surface area contributed by atoms with Crippen molar-refractivity contribution >= 4 is 17.5 Å². The van der Waals surface area contributed by atoms with Crippen molar-refractivity contribution in [2.45, 2.75) is 20.3 Å². The van der Waals surface area contributed by atoms with Gasteiger partial charge in [-0.05, 0) is 0 Å². The minimum absolute atomic E-state index is 0.00919. The Bertz CT molecular complexity index is 655. The fraction of sp³-hybridized carbons (Fsp3) is 0.353. The van der Waals surface area contributed by atoms with Gasteiger partial charge in [0.15, 0.2) is 11.6 Å². The molecule has 0 aliphatic heterocycles. The van der Waals surface area contributed by atoms with E-state index >= 15 is 0 Å². The summed E-state index contributed by atoms with van der Waals surface area (Å²) in [6.45, 7) is 3.33. The van der Waals surface area contributed by atoms with Gasteiger partial charge in [-0.1, -0.05) is 44.2 Å². The van der Waals surface area contributed by atoms with E-state index < -0.39 is 34.6 Å². The molecule has 1 N–H and O–H groups in total. The van der Waals surface area contributed by atoms with Gasteiger partial charge in [0.2, 0.25) is 0 Å². The Kier molecular flexibility index (Phi) is 4.17. The summed E-state index contributed by atoms with van der Waals surface area (Å²) >= 11 is 0. The molecule has 0 heterocycles. The average molecular weight is 302 g/mol. The Labute approximate surface area is 128 Å². The van der Waals surface area contributed by atoms with Crippen molar-refractivity contribution in [1.82, 2.24) is 0 Å². The van der Waals surface area contributed by atoms with Gasteiger partial charge in [-0.15, -0.1) is 0 Å². The highest BCUT2D eigenvalue weighted by Crippen LogP contribution is 2.41. The number of ketones is 2. The van der Waals surface area contributed by atoms with E-state index in [9.17, 15) is 19.5 Å². The molecular formula is C17H18O5. The van der Waals surface area contributed by atoms with Gasteiger partial charge in [0.05, 0.1) is 12.7 Å². The molecule has 1 aliphatic rings. The van der Waals surface area contributed by atoms with Crippen molar-refractivity contribution in [2.24, 2.45) is 11.3 Å². The van der Waals surface area contributed by atoms with Crippen LogP contribution in [0.15, 0.2) is 41.7 Å². The van der Waals surface area contributed by atoms with Gasteiger partial charge in [-0.2, -0.15) is 0 Å². The van der Waals surface area contributed by atoms with Crippen molar-refractivity contribution < 1.29 is 24.2 Å². The molecule has 0 spiro atoms. The molecule has 2 rings (SSSR count). The molecule has 5 nitrogen and oxygen atoms in total. The summed E-state index contributed by atoms with van der Waals surface area (Å²) in [4.78, 5) is 36.8. The lowest BCUT2D eigenvalue weighted by Crippen LogP contribution is -2.40. The lowest BCUT2D eigenvalue weighted by molar-refractivity contribution is -0.138. The summed E-state index contributed by atoms with van der Waals surface area (Å²) in [5.41, 5.74) is -0.568. The van der Waals surface area contributed by atoms with Crippen LogP contribution in [0.5, 0.6) is 0 Å². The maximum atomic E-state index is 12.5. The number of carbonyl (C=O) groups is 3. The van der Waals surface area contributed by atoms with Crippen molar-refractivity contribution in [3.8, 4) is 0 Å². The van der Waals surface area contributed by atoms with E-state index in [4.69, 9.17) is 0 Å². The number of esters is 1. The molecule has 0 bridgehead atoms. The summed E-state index contributed by atoms with van der Waals surface area (Å²) in [6.07, 6.45) is -0.00919. The highest BCUT2D eigenvalue weighted by molar-refractivity contribution is 6.15. The second-order valence-electron chi connectivity index (χ2n) is 5.94. The Morgan fingerprint density at radius 2 is 1.82 bits per heavy atom. The molecule has 0 saturated heterocycles. The van der Waals surface area contributed by atoms with Crippen molar-refractivity contribution in [1.29, 1.82) is 0 Å². The first-order valence-electron chi connectivity index (χ1n) is 6.93. The molecule has 0 amide bonds. The number of Topliss-reactive ketones (excluding diaryl/α,β-unsaturated/α-hetero) is 2. The van der Waals surface area contributed by atoms with Crippen LogP contribution in [0.4, 0.5) is 0 Å². The zero-order valence-corrected chi connectivity index (χ0v) is 12.8. The minimum Gasteiger partial charge on any atom is -0.510 e. The van der Waals surface area contributed by atoms with Crippen molar-refractivity contribution in [3.05, 3.63) is 47.2 Å². The molecule has 0 fully saturated rings. The number of methoxy groups -OCH3 is 1. The zero-order valence-electron chi connectivity index (χ0n) is 12.8. The van der Waals surface area contributed by atoms with E-state index in [0.717, 1.165) is 0 Å². The molecule has 0 radical (unpaired) electrons. The molecule has 0 aromatic heterocycles. The quantitative estimate of drug-likeness (QED) is 0.527. The van der Waals surface area contributed by atoms with Crippen LogP contribution in [0.2, 0.25) is 0 Å². The predicted octanol–water partition coefficient (Wildman–Crippen LogP) is 2.47. The number of hydrogen-bond donors (Lipinski definition) is 1. The third-order valence-corrected chi connectivity index (χ3v) is 3.85. The predicted molar refractivity (Wildman–Crippen MR) is 79.3 cm³/mol. The van der Waals surface area contributed by atoms with E-state index in [1.54, 1.807) is 44.2 Å². The third kappa shape index (κ3) is 2.66. The molecule has 1 aromatic rings. The van der Waals surface area contributed by atoms with Gasteiger partial charge >= 0.3 is 5.97 Å². The van der Waals surface area contributed by atoms with E-state index in [1.807, 2.05) is 0 Å². The Morgan fingerprint density at radius 3 is 2.36 bits per heavy atom. The molecule has 1 aliphatic carbocycles. The lowest BCUT2D eigenvalue weighted by atomic mass is 9.69. The van der Waals surface area contributed by atoms with Gasteiger partial charge in [-0.25, -0.2) is 4.79 Å². The van der Waals surface area contributed by atoms with Crippen molar-refractivity contribution in [2.75, 3.05) is 7.11 Å². The first-order valence-corrected chi connectivity index (χ1v) is 6.93. The molecule has 22 heavy (non-hydrogen) atoms. The second kappa shape index (κ2) is 5.75. The Morgan fingerprint density at radius 1 is 1.23 bits per heavy atom. The van der Waals surface area contributed by atoms with Gasteiger partial charge in [-0.3, -0.25) is 9.59 Å². The van der Waals surface area contributed by atoms with Gasteiger partial charge < -0.3 is 9.84 Å². The monoisotopic (exact) mass is 302 g/mol. The number of carbonyl (C=O) groups excluding carboxylic acids is 3. The molecule has 116 valence electrons. The summed E-state index contributed by atoms with van der Waals surface area (Å²) < 4.78 is 4.69. The standard InChI is InChI=1S/C17H18O5/c1-17(2)9-11(18)12(15(20)13(17)16(21)22-3)14(19)10-7-5-4-6-8-10/h4-8,12,20H,9H2,1-3H3/t12-/m1/s1. The van der Waals surface area contributed by atoms with E-state index in [2.05, 4.69) is 4.74 Å². The Hall–Kier alpha value is -2.43. The molecule has 1 aromatic carbocycles. The lowest BCUT2D eigenvalue weighted by Gasteiger charge is -2.33. The molecular weight excluding hydrogens is 284 g/mol. The summed E-state index contributed by atoms with van der Waals surface area (Å²) in [6, 6.07) is 8.23. The highest BCUT2D eigenvalue weighted by Gasteiger charge is 2.47. The maximum absolute atomic E-state index is 12.5. The third-order valence-electron chi connectivity index (χ3n) is 3.85. The van der Waals surface area contributed by atoms with Crippen LogP contribution < -0.4 is 0 Å². The number of aliphatic hydroxyl groups excluding tert-OH is 1. The van der Waals surface area contributed by atoms with Gasteiger partial charge in [0.1, 0.15) is 11.7 Å². The fourth-order valence-electron chi connectivity index (χ4n) is 2.79. The van der Waals surface area contributed by atoms with Crippen LogP contribution in [-0.2, 0) is 14.3 Å². The molecule has 0 unspecified atom stereocenters. The van der Waals surface area contributed by atoms with E-state index in [0.29, 0.717) is 5.56 Å². The van der Waals surface area contributed by atoms with Crippen LogP contribution in [0.25, 0.3) is 0 Å². The smallest absolute Gasteiger partial charge is 0.337 e. The molecule has 0 saturated carbocycles. The number of hydrogen-bond acceptors (Lipinski definition) is 5. The highest BCUT2D eigenvalue weighted by atomic mass is 16.5. The van der Waals surface area contributed by atoms with E-state index in [-0.39, 0.29) is 12.0 Å². The fourth-order valence-corrected chi connectivity index (χ4v) is 2.79. The zero-order chi connectivity index (χ0) is 16.5. The van der Waals surface area contributed by atoms with Crippen LogP contribution in [0, 0.1) is 11.3 Å². The second-order valence-corrected chi connectivity index (χ2v) is 5.94. The van der Waals surface area contributed by atoms with Crippen LogP contribution in [0.1, 0.15) is 30.6 Å². The SMILES string of the molecule is COC(=O)C1=C(O)[C@@H](C(=O)c2ccccc2)C(=O)CC1(C)C. The average Bonchev–Trinajstić information content (AvgIpc) is 2.46. The topological polar surface area (TPSA) is 80.7 Å². The summed E-state index contributed by atoms with van der Waals surface area (Å²) in [7, 11) is 1.20. The maximum Gasteiger partial charge on any atom is 0.337 e. The first-order chi connectivity index (χ1) is 10.3. The summed E-state index contributed by atoms with van der Waals surface area (Å²) in [5.74, 6) is -3.48. The molecule has 1 atom stereocenters. The normalized spacial score (nSPS) is 20.7. The van der Waals surface area contributed by atoms with Gasteiger partial charge in [0, 0.05) is 17.4 Å². The number of allylic oxidation sites excluding steroid dienone is 1. The summed E-state index contributed by atoms with van der Waals surface area (Å²) in [5, 5.41) is 10.4. The van der Waals surface area contributed by atoms with Crippen LogP contribution in [-0.4, -0.2) is 29.8 Å². The van der Waals surface area contributed by atoms with Gasteiger partial charge in [0.25, 0.3) is 0 Å². The van der Waals surface area contributed by atoms with Crippen LogP contribution in [0.3, 0.4) is 0 Å². The number of aliphatic hydroxyl groups is 1.